The summed E-state index contributed by atoms with van der Waals surface area (Å²) in [5.41, 5.74) is 3.36. The number of piperidine rings is 1. The van der Waals surface area contributed by atoms with Crippen LogP contribution < -0.4 is 10.2 Å². The van der Waals surface area contributed by atoms with Crippen LogP contribution in [0, 0.1) is 18.3 Å². The van der Waals surface area contributed by atoms with Gasteiger partial charge in [0.25, 0.3) is 0 Å². The highest BCUT2D eigenvalue weighted by molar-refractivity contribution is 5.91. The Morgan fingerprint density at radius 3 is 2.39 bits per heavy atom. The van der Waals surface area contributed by atoms with Gasteiger partial charge < -0.3 is 19.3 Å². The van der Waals surface area contributed by atoms with E-state index in [2.05, 4.69) is 15.4 Å². The molecular weight excluding hydrogens is 458 g/mol. The van der Waals surface area contributed by atoms with Crippen molar-refractivity contribution < 1.29 is 24.0 Å². The number of carbonyl (C=O) groups is 2. The molecule has 1 aromatic heterocycles. The molecule has 8 heteroatoms. The van der Waals surface area contributed by atoms with Gasteiger partial charge in [-0.3, -0.25) is 10.1 Å². The van der Waals surface area contributed by atoms with Gasteiger partial charge in [0, 0.05) is 24.3 Å². The van der Waals surface area contributed by atoms with Crippen molar-refractivity contribution in [1.82, 2.24) is 5.16 Å². The molecule has 2 aliphatic rings. The van der Waals surface area contributed by atoms with Crippen LogP contribution in [0.2, 0.25) is 0 Å². The van der Waals surface area contributed by atoms with Gasteiger partial charge in [0.15, 0.2) is 5.76 Å². The van der Waals surface area contributed by atoms with Crippen molar-refractivity contribution in [3.05, 3.63) is 65.9 Å². The molecule has 8 nitrogen and oxygen atoms in total. The van der Waals surface area contributed by atoms with E-state index in [4.69, 9.17) is 9.26 Å². The van der Waals surface area contributed by atoms with Gasteiger partial charge >= 0.3 is 12.1 Å². The monoisotopic (exact) mass is 489 g/mol. The van der Waals surface area contributed by atoms with Gasteiger partial charge in [-0.1, -0.05) is 35.5 Å². The van der Waals surface area contributed by atoms with Crippen LogP contribution in [0.3, 0.4) is 0 Å². The second kappa shape index (κ2) is 9.68. The number of carboxylic acids is 1. The van der Waals surface area contributed by atoms with Gasteiger partial charge in [0.1, 0.15) is 17.5 Å². The third-order valence-corrected chi connectivity index (χ3v) is 7.63. The number of aliphatic carboxylic acids is 1. The van der Waals surface area contributed by atoms with Crippen molar-refractivity contribution in [3.8, 4) is 11.3 Å². The zero-order valence-corrected chi connectivity index (χ0v) is 20.6. The Labute approximate surface area is 210 Å². The first kappa shape index (κ1) is 23.9. The van der Waals surface area contributed by atoms with Crippen molar-refractivity contribution in [1.29, 1.82) is 0 Å². The van der Waals surface area contributed by atoms with E-state index >= 15 is 0 Å². The Balaban J connectivity index is 1.23. The molecule has 1 unspecified atom stereocenters. The molecular formula is C28H31N3O5. The third-order valence-electron chi connectivity index (χ3n) is 7.63. The van der Waals surface area contributed by atoms with Crippen LogP contribution in [0.5, 0.6) is 0 Å². The van der Waals surface area contributed by atoms with E-state index in [1.807, 2.05) is 61.5 Å². The summed E-state index contributed by atoms with van der Waals surface area (Å²) in [6, 6.07) is 17.5. The number of aromatic nitrogens is 1. The topological polar surface area (TPSA) is 105 Å². The fourth-order valence-electron chi connectivity index (χ4n) is 5.24. The van der Waals surface area contributed by atoms with Crippen molar-refractivity contribution in [3.63, 3.8) is 0 Å². The Morgan fingerprint density at radius 2 is 1.78 bits per heavy atom. The molecule has 1 amide bonds. The highest BCUT2D eigenvalue weighted by atomic mass is 16.6. The number of rotatable bonds is 7. The number of carbonyl (C=O) groups excluding carboxylic acids is 1. The first-order chi connectivity index (χ1) is 17.4. The van der Waals surface area contributed by atoms with Crippen LogP contribution >= 0.6 is 0 Å². The summed E-state index contributed by atoms with van der Waals surface area (Å²) in [6.07, 6.45) is 2.44. The van der Waals surface area contributed by atoms with Crippen LogP contribution in [-0.2, 0) is 9.53 Å². The Kier molecular flexibility index (Phi) is 6.43. The van der Waals surface area contributed by atoms with E-state index in [-0.39, 0.29) is 5.92 Å². The number of hydrogen-bond donors (Lipinski definition) is 2. The van der Waals surface area contributed by atoms with E-state index in [1.54, 1.807) is 6.92 Å². The summed E-state index contributed by atoms with van der Waals surface area (Å²) >= 11 is 0. The average molecular weight is 490 g/mol. The van der Waals surface area contributed by atoms with Crippen LogP contribution in [0.1, 0.15) is 50.0 Å². The molecule has 1 aliphatic carbocycles. The smallest absolute Gasteiger partial charge is 0.412 e. The number of amides is 1. The van der Waals surface area contributed by atoms with Crippen LogP contribution in [0.4, 0.5) is 16.2 Å². The summed E-state index contributed by atoms with van der Waals surface area (Å²) in [5.74, 6) is 0.107. The third kappa shape index (κ3) is 4.67. The zero-order chi connectivity index (χ0) is 25.3. The lowest BCUT2D eigenvalue weighted by atomic mass is 9.81. The number of aryl methyl sites for hydroxylation is 1. The predicted octanol–water partition coefficient (Wildman–Crippen LogP) is 6.04. The fourth-order valence-corrected chi connectivity index (χ4v) is 5.24. The largest absolute Gasteiger partial charge is 0.481 e. The molecule has 3 aromatic rings. The first-order valence-corrected chi connectivity index (χ1v) is 12.4. The molecule has 2 aromatic carbocycles. The van der Waals surface area contributed by atoms with E-state index in [1.165, 1.54) is 0 Å². The van der Waals surface area contributed by atoms with Crippen molar-refractivity contribution in [2.24, 2.45) is 11.3 Å². The minimum Gasteiger partial charge on any atom is -0.481 e. The summed E-state index contributed by atoms with van der Waals surface area (Å²) in [4.78, 5) is 26.5. The van der Waals surface area contributed by atoms with Crippen LogP contribution in [0.15, 0.2) is 59.1 Å². The molecule has 1 saturated heterocycles. The minimum atomic E-state index is -0.629. The Bertz CT molecular complexity index is 1230. The van der Waals surface area contributed by atoms with Gasteiger partial charge in [-0.25, -0.2) is 4.79 Å². The van der Waals surface area contributed by atoms with Gasteiger partial charge in [0.2, 0.25) is 0 Å². The number of anilines is 2. The second-order valence-electron chi connectivity index (χ2n) is 9.82. The predicted molar refractivity (Wildman–Crippen MR) is 136 cm³/mol. The molecule has 0 bridgehead atoms. The van der Waals surface area contributed by atoms with Crippen molar-refractivity contribution in [2.75, 3.05) is 23.3 Å². The lowest BCUT2D eigenvalue weighted by Gasteiger charge is -2.36. The summed E-state index contributed by atoms with van der Waals surface area (Å²) in [7, 11) is 0. The van der Waals surface area contributed by atoms with Crippen molar-refractivity contribution in [2.45, 2.75) is 45.6 Å². The van der Waals surface area contributed by atoms with Crippen LogP contribution in [-0.4, -0.2) is 35.4 Å². The van der Waals surface area contributed by atoms with E-state index in [0.717, 1.165) is 55.6 Å². The molecule has 188 valence electrons. The molecule has 2 fully saturated rings. The number of nitrogens with zero attached hydrogens (tertiary/aromatic N) is 2. The fraction of sp³-hybridized carbons (Fsp3) is 0.393. The van der Waals surface area contributed by atoms with Gasteiger partial charge in [-0.2, -0.15) is 0 Å². The lowest BCUT2D eigenvalue weighted by molar-refractivity contribution is -0.146. The number of ether oxygens (including phenoxy) is 1. The lowest BCUT2D eigenvalue weighted by Crippen LogP contribution is -2.39. The molecule has 2 N–H and O–H groups in total. The van der Waals surface area contributed by atoms with Crippen LogP contribution in [0.25, 0.3) is 11.3 Å². The SMILES string of the molecule is Cc1noc(-c2ccc(N3CCC(C4(C(=O)O)CC4)CC3)cc2)c1NC(=O)OC(C)c1ccccc1. The summed E-state index contributed by atoms with van der Waals surface area (Å²) in [6.45, 7) is 5.28. The highest BCUT2D eigenvalue weighted by Gasteiger charge is 2.56. The van der Waals surface area contributed by atoms with E-state index in [0.29, 0.717) is 17.1 Å². The first-order valence-electron chi connectivity index (χ1n) is 12.4. The molecule has 0 radical (unpaired) electrons. The normalized spacial score (nSPS) is 17.9. The highest BCUT2D eigenvalue weighted by Crippen LogP contribution is 2.55. The molecule has 1 atom stereocenters. The maximum Gasteiger partial charge on any atom is 0.412 e. The standard InChI is InChI=1S/C28H31N3O5/c1-18-24(29-27(34)35-19(2)20-6-4-3-5-7-20)25(36-30-18)21-8-10-23(11-9-21)31-16-12-22(13-17-31)28(14-15-28)26(32)33/h3-11,19,22H,12-17H2,1-2H3,(H,29,34)(H,32,33). The van der Waals surface area contributed by atoms with E-state index in [9.17, 15) is 14.7 Å². The maximum absolute atomic E-state index is 12.6. The summed E-state index contributed by atoms with van der Waals surface area (Å²) in [5, 5.41) is 16.4. The number of carboxylic acid groups (broad SMARTS) is 1. The quantitative estimate of drug-likeness (QED) is 0.417. The summed E-state index contributed by atoms with van der Waals surface area (Å²) < 4.78 is 11.1. The zero-order valence-electron chi connectivity index (χ0n) is 20.6. The molecule has 5 rings (SSSR count). The maximum atomic E-state index is 12.6. The van der Waals surface area contributed by atoms with E-state index < -0.39 is 23.6 Å². The number of benzene rings is 2. The number of nitrogens with one attached hydrogen (secondary N) is 1. The van der Waals surface area contributed by atoms with Crippen molar-refractivity contribution >= 4 is 23.4 Å². The molecule has 0 spiro atoms. The molecule has 2 heterocycles. The molecule has 36 heavy (non-hydrogen) atoms. The minimum absolute atomic E-state index is 0.265. The Hall–Kier alpha value is -3.81. The van der Waals surface area contributed by atoms with Gasteiger partial charge in [-0.05, 0) is 75.3 Å². The average Bonchev–Trinajstić information content (AvgIpc) is 3.64. The van der Waals surface area contributed by atoms with Gasteiger partial charge in [-0.15, -0.1) is 0 Å². The molecule has 1 saturated carbocycles. The second-order valence-corrected chi connectivity index (χ2v) is 9.82. The number of hydrogen-bond acceptors (Lipinski definition) is 6. The molecule has 1 aliphatic heterocycles. The Morgan fingerprint density at radius 1 is 1.11 bits per heavy atom. The van der Waals surface area contributed by atoms with Gasteiger partial charge in [0.05, 0.1) is 5.41 Å².